The van der Waals surface area contributed by atoms with E-state index >= 15 is 0 Å². The third kappa shape index (κ3) is 7.11. The van der Waals surface area contributed by atoms with Crippen LogP contribution in [0.15, 0.2) is 0 Å². The molecule has 0 spiro atoms. The average Bonchev–Trinajstić information content (AvgIpc) is 2.11. The SMILES string of the molecule is CCOC(=O)CCCCC(=O)C(C)(C)C. The summed E-state index contributed by atoms with van der Waals surface area (Å²) in [6.07, 6.45) is 2.49. The van der Waals surface area contributed by atoms with E-state index in [-0.39, 0.29) is 17.2 Å². The lowest BCUT2D eigenvalue weighted by Gasteiger charge is -2.15. The standard InChI is InChI=1S/C12H22O3/c1-5-15-11(14)9-7-6-8-10(13)12(2,3)4/h5-9H2,1-4H3. The van der Waals surface area contributed by atoms with Crippen LogP contribution in [0.4, 0.5) is 0 Å². The summed E-state index contributed by atoms with van der Waals surface area (Å²) in [6, 6.07) is 0. The molecule has 3 heteroatoms. The Labute approximate surface area is 92.2 Å². The number of Topliss-reactive ketones (excluding diaryl/α,β-unsaturated/α-hetero) is 1. The van der Waals surface area contributed by atoms with Crippen LogP contribution in [0.5, 0.6) is 0 Å². The molecule has 0 aromatic heterocycles. The lowest BCUT2D eigenvalue weighted by molar-refractivity contribution is -0.143. The highest BCUT2D eigenvalue weighted by Crippen LogP contribution is 2.18. The van der Waals surface area contributed by atoms with Crippen LogP contribution in [-0.2, 0) is 14.3 Å². The summed E-state index contributed by atoms with van der Waals surface area (Å²) in [5.74, 6) is 0.0899. The third-order valence-corrected chi connectivity index (χ3v) is 2.18. The first-order valence-electron chi connectivity index (χ1n) is 5.57. The van der Waals surface area contributed by atoms with Gasteiger partial charge < -0.3 is 4.74 Å². The Bertz CT molecular complexity index is 213. The summed E-state index contributed by atoms with van der Waals surface area (Å²) >= 11 is 0. The van der Waals surface area contributed by atoms with Crippen LogP contribution in [0.2, 0.25) is 0 Å². The Hall–Kier alpha value is -0.860. The number of carbonyl (C=O) groups excluding carboxylic acids is 2. The minimum Gasteiger partial charge on any atom is -0.466 e. The van der Waals surface area contributed by atoms with E-state index in [9.17, 15) is 9.59 Å². The first kappa shape index (κ1) is 14.1. The fraction of sp³-hybridized carbons (Fsp3) is 0.833. The molecule has 0 aliphatic carbocycles. The number of ether oxygens (including phenoxy) is 1. The molecule has 0 unspecified atom stereocenters. The van der Waals surface area contributed by atoms with Gasteiger partial charge in [-0.1, -0.05) is 20.8 Å². The molecule has 0 aromatic rings. The summed E-state index contributed by atoms with van der Waals surface area (Å²) in [5, 5.41) is 0. The molecule has 0 saturated carbocycles. The molecule has 0 amide bonds. The van der Waals surface area contributed by atoms with Gasteiger partial charge in [-0.2, -0.15) is 0 Å². The minimum atomic E-state index is -0.260. The fourth-order valence-corrected chi connectivity index (χ4v) is 1.16. The van der Waals surface area contributed by atoms with E-state index in [2.05, 4.69) is 0 Å². The Morgan fingerprint density at radius 2 is 1.60 bits per heavy atom. The number of carbonyl (C=O) groups is 2. The first-order valence-corrected chi connectivity index (χ1v) is 5.57. The van der Waals surface area contributed by atoms with Crippen molar-refractivity contribution < 1.29 is 14.3 Å². The number of rotatable bonds is 6. The van der Waals surface area contributed by atoms with Gasteiger partial charge in [0.25, 0.3) is 0 Å². The maximum Gasteiger partial charge on any atom is 0.305 e. The highest BCUT2D eigenvalue weighted by molar-refractivity contribution is 5.83. The predicted molar refractivity (Wildman–Crippen MR) is 59.6 cm³/mol. The normalized spacial score (nSPS) is 11.2. The van der Waals surface area contributed by atoms with Gasteiger partial charge in [0, 0.05) is 18.3 Å². The van der Waals surface area contributed by atoms with Crippen LogP contribution < -0.4 is 0 Å². The molecule has 0 aliphatic rings. The second kappa shape index (κ2) is 6.59. The van der Waals surface area contributed by atoms with Gasteiger partial charge >= 0.3 is 5.97 Å². The first-order chi connectivity index (χ1) is 6.88. The second-order valence-electron chi connectivity index (χ2n) is 4.69. The van der Waals surface area contributed by atoms with Crippen molar-refractivity contribution in [2.75, 3.05) is 6.61 Å². The molecule has 0 heterocycles. The fourth-order valence-electron chi connectivity index (χ4n) is 1.16. The Morgan fingerprint density at radius 1 is 1.07 bits per heavy atom. The predicted octanol–water partition coefficient (Wildman–Crippen LogP) is 2.73. The zero-order valence-electron chi connectivity index (χ0n) is 10.3. The van der Waals surface area contributed by atoms with Crippen LogP contribution in [0, 0.1) is 5.41 Å². The summed E-state index contributed by atoms with van der Waals surface area (Å²) < 4.78 is 4.79. The molecule has 0 N–H and O–H groups in total. The van der Waals surface area contributed by atoms with E-state index in [1.54, 1.807) is 6.92 Å². The number of hydrogen-bond donors (Lipinski definition) is 0. The molecule has 88 valence electrons. The molecule has 0 saturated heterocycles. The van der Waals surface area contributed by atoms with Crippen molar-refractivity contribution >= 4 is 11.8 Å². The van der Waals surface area contributed by atoms with Crippen LogP contribution in [0.25, 0.3) is 0 Å². The number of hydrogen-bond acceptors (Lipinski definition) is 3. The zero-order chi connectivity index (χ0) is 11.9. The number of ketones is 1. The van der Waals surface area contributed by atoms with Crippen molar-refractivity contribution in [3.63, 3.8) is 0 Å². The quantitative estimate of drug-likeness (QED) is 0.504. The molecule has 0 atom stereocenters. The van der Waals surface area contributed by atoms with Gasteiger partial charge in [-0.3, -0.25) is 9.59 Å². The van der Waals surface area contributed by atoms with Gasteiger partial charge in [-0.05, 0) is 19.8 Å². The lowest BCUT2D eigenvalue weighted by Crippen LogP contribution is -2.19. The molecule has 0 aromatic carbocycles. The summed E-state index contributed by atoms with van der Waals surface area (Å²) in [5.41, 5.74) is -0.260. The lowest BCUT2D eigenvalue weighted by atomic mass is 9.88. The zero-order valence-corrected chi connectivity index (χ0v) is 10.3. The molecule has 0 fully saturated rings. The van der Waals surface area contributed by atoms with Crippen molar-refractivity contribution in [3.05, 3.63) is 0 Å². The highest BCUT2D eigenvalue weighted by atomic mass is 16.5. The summed E-state index contributed by atoms with van der Waals surface area (Å²) in [4.78, 5) is 22.5. The number of unbranched alkanes of at least 4 members (excludes halogenated alkanes) is 1. The van der Waals surface area contributed by atoms with E-state index in [1.807, 2.05) is 20.8 Å². The Morgan fingerprint density at radius 3 is 2.07 bits per heavy atom. The van der Waals surface area contributed by atoms with E-state index in [1.165, 1.54) is 0 Å². The van der Waals surface area contributed by atoms with Crippen LogP contribution in [0.1, 0.15) is 53.4 Å². The largest absolute Gasteiger partial charge is 0.466 e. The summed E-state index contributed by atoms with van der Waals surface area (Å²) in [7, 11) is 0. The average molecular weight is 214 g/mol. The highest BCUT2D eigenvalue weighted by Gasteiger charge is 2.20. The minimum absolute atomic E-state index is 0.166. The monoisotopic (exact) mass is 214 g/mol. The van der Waals surface area contributed by atoms with E-state index < -0.39 is 0 Å². The van der Waals surface area contributed by atoms with Crippen molar-refractivity contribution in [2.24, 2.45) is 5.41 Å². The summed E-state index contributed by atoms with van der Waals surface area (Å²) in [6.45, 7) is 7.98. The topological polar surface area (TPSA) is 43.4 Å². The van der Waals surface area contributed by atoms with E-state index in [4.69, 9.17) is 4.74 Å². The Kier molecular flexibility index (Phi) is 6.21. The van der Waals surface area contributed by atoms with Gasteiger partial charge in [-0.25, -0.2) is 0 Å². The smallest absolute Gasteiger partial charge is 0.305 e. The van der Waals surface area contributed by atoms with Gasteiger partial charge in [0.1, 0.15) is 5.78 Å². The van der Waals surface area contributed by atoms with Gasteiger partial charge in [0.15, 0.2) is 0 Å². The van der Waals surface area contributed by atoms with Crippen molar-refractivity contribution in [3.8, 4) is 0 Å². The second-order valence-corrected chi connectivity index (χ2v) is 4.69. The van der Waals surface area contributed by atoms with Crippen LogP contribution >= 0.6 is 0 Å². The van der Waals surface area contributed by atoms with Crippen LogP contribution in [-0.4, -0.2) is 18.4 Å². The maximum atomic E-state index is 11.5. The molecule has 0 aliphatic heterocycles. The van der Waals surface area contributed by atoms with Crippen molar-refractivity contribution in [1.29, 1.82) is 0 Å². The van der Waals surface area contributed by atoms with Gasteiger partial charge in [-0.15, -0.1) is 0 Å². The molecular formula is C12H22O3. The third-order valence-electron chi connectivity index (χ3n) is 2.18. The molecule has 0 radical (unpaired) electrons. The van der Waals surface area contributed by atoms with E-state index in [0.29, 0.717) is 19.4 Å². The maximum absolute atomic E-state index is 11.5. The number of esters is 1. The molecule has 15 heavy (non-hydrogen) atoms. The van der Waals surface area contributed by atoms with Crippen LogP contribution in [0.3, 0.4) is 0 Å². The molecule has 0 bridgehead atoms. The molecular weight excluding hydrogens is 192 g/mol. The molecule has 0 rings (SSSR count). The Balaban J connectivity index is 3.55. The van der Waals surface area contributed by atoms with E-state index in [0.717, 1.165) is 12.8 Å². The molecule has 3 nitrogen and oxygen atoms in total. The van der Waals surface area contributed by atoms with Crippen molar-refractivity contribution in [2.45, 2.75) is 53.4 Å². The van der Waals surface area contributed by atoms with Crippen molar-refractivity contribution in [1.82, 2.24) is 0 Å². The van der Waals surface area contributed by atoms with Gasteiger partial charge in [0.2, 0.25) is 0 Å². The van der Waals surface area contributed by atoms with Gasteiger partial charge in [0.05, 0.1) is 6.61 Å².